The second-order valence-electron chi connectivity index (χ2n) is 7.75. The highest BCUT2D eigenvalue weighted by Crippen LogP contribution is 2.47. The Morgan fingerprint density at radius 2 is 1.79 bits per heavy atom. The van der Waals surface area contributed by atoms with Crippen molar-refractivity contribution in [1.82, 2.24) is 10.4 Å². The molecular weight excluding hydrogens is 481 g/mol. The molecular formula is C25H19F3N2O2S2. The summed E-state index contributed by atoms with van der Waals surface area (Å²) in [5.74, 6) is 4.30. The highest BCUT2D eigenvalue weighted by atomic mass is 32.2. The molecule has 0 spiro atoms. The average Bonchev–Trinajstić information content (AvgIpc) is 3.41. The van der Waals surface area contributed by atoms with E-state index < -0.39 is 33.7 Å². The molecule has 2 aromatic carbocycles. The van der Waals surface area contributed by atoms with Crippen LogP contribution in [0, 0.1) is 18.8 Å². The van der Waals surface area contributed by atoms with Crippen molar-refractivity contribution in [2.75, 3.05) is 0 Å². The number of hydrogen-bond donors (Lipinski definition) is 1. The van der Waals surface area contributed by atoms with Crippen molar-refractivity contribution >= 4 is 34.9 Å². The lowest BCUT2D eigenvalue weighted by Gasteiger charge is -2.34. The van der Waals surface area contributed by atoms with E-state index in [0.29, 0.717) is 4.88 Å². The van der Waals surface area contributed by atoms with E-state index in [2.05, 4.69) is 17.3 Å². The molecule has 1 aliphatic rings. The van der Waals surface area contributed by atoms with E-state index in [1.165, 1.54) is 46.3 Å². The van der Waals surface area contributed by atoms with Gasteiger partial charge in [0, 0.05) is 5.56 Å². The summed E-state index contributed by atoms with van der Waals surface area (Å²) < 4.78 is 40.0. The van der Waals surface area contributed by atoms with E-state index >= 15 is 0 Å². The molecule has 0 bridgehead atoms. The van der Waals surface area contributed by atoms with E-state index in [0.717, 1.165) is 17.2 Å². The van der Waals surface area contributed by atoms with Crippen LogP contribution in [0.4, 0.5) is 13.2 Å². The first-order chi connectivity index (χ1) is 16.1. The summed E-state index contributed by atoms with van der Waals surface area (Å²) in [6, 6.07) is 15.9. The van der Waals surface area contributed by atoms with Gasteiger partial charge in [0.05, 0.1) is 10.4 Å². The Morgan fingerprint density at radius 3 is 2.44 bits per heavy atom. The first-order valence-electron chi connectivity index (χ1n) is 10.2. The molecule has 1 fully saturated rings. The van der Waals surface area contributed by atoms with Crippen molar-refractivity contribution in [3.8, 4) is 11.8 Å². The largest absolute Gasteiger partial charge is 0.417 e. The fourth-order valence-corrected chi connectivity index (χ4v) is 5.43. The van der Waals surface area contributed by atoms with Crippen LogP contribution in [0.2, 0.25) is 0 Å². The Kier molecular flexibility index (Phi) is 6.47. The zero-order chi connectivity index (χ0) is 24.5. The first kappa shape index (κ1) is 23.9. The average molecular weight is 501 g/mol. The number of nitrogens with one attached hydrogen (secondary N) is 1. The third-order valence-corrected chi connectivity index (χ3v) is 7.64. The molecule has 0 saturated carbocycles. The van der Waals surface area contributed by atoms with Crippen LogP contribution in [0.15, 0.2) is 66.0 Å². The van der Waals surface area contributed by atoms with Crippen LogP contribution in [0.1, 0.15) is 38.8 Å². The fourth-order valence-electron chi connectivity index (χ4n) is 3.52. The maximum Gasteiger partial charge on any atom is 0.417 e. The maximum atomic E-state index is 13.3. The number of benzene rings is 2. The Morgan fingerprint density at radius 1 is 1.09 bits per heavy atom. The lowest BCUT2D eigenvalue weighted by atomic mass is 10.1. The number of thiophene rings is 1. The third kappa shape index (κ3) is 4.69. The molecule has 1 aliphatic heterocycles. The molecule has 0 aliphatic carbocycles. The standard InChI is InChI=1S/C25H19F3N2O2S2/c1-16-9-12-18(13-10-16)24(2)30(29-22(31)20-8-5-15-33-20)23(32)21(34-24)14-11-17-6-3-4-7-19(17)25(26,27)28/h3-10,12-13,15,21H,1-2H3,(H,29,31). The highest BCUT2D eigenvalue weighted by Gasteiger charge is 2.50. The topological polar surface area (TPSA) is 49.4 Å². The Bertz CT molecular complexity index is 1280. The first-order valence-corrected chi connectivity index (χ1v) is 12.0. The van der Waals surface area contributed by atoms with Gasteiger partial charge in [0.15, 0.2) is 0 Å². The van der Waals surface area contributed by atoms with Gasteiger partial charge in [-0.3, -0.25) is 15.0 Å². The van der Waals surface area contributed by atoms with Crippen molar-refractivity contribution in [2.24, 2.45) is 0 Å². The maximum absolute atomic E-state index is 13.3. The van der Waals surface area contributed by atoms with Crippen molar-refractivity contribution in [2.45, 2.75) is 30.1 Å². The van der Waals surface area contributed by atoms with E-state index in [1.807, 2.05) is 31.2 Å². The SMILES string of the molecule is Cc1ccc(C2(C)SC(C#Cc3ccccc3C(F)(F)F)C(=O)N2NC(=O)c2cccs2)cc1. The van der Waals surface area contributed by atoms with Crippen LogP contribution >= 0.6 is 23.1 Å². The summed E-state index contributed by atoms with van der Waals surface area (Å²) in [4.78, 5) is 25.5. The summed E-state index contributed by atoms with van der Waals surface area (Å²) >= 11 is 2.40. The molecule has 34 heavy (non-hydrogen) atoms. The molecule has 4 nitrogen and oxygen atoms in total. The Labute approximate surface area is 203 Å². The number of nitrogens with zero attached hydrogens (tertiary/aromatic N) is 1. The summed E-state index contributed by atoms with van der Waals surface area (Å²) in [6.45, 7) is 3.71. The minimum absolute atomic E-state index is 0.207. The Balaban J connectivity index is 1.70. The van der Waals surface area contributed by atoms with Crippen LogP contribution in [0.25, 0.3) is 0 Å². The number of alkyl halides is 3. The summed E-state index contributed by atoms with van der Waals surface area (Å²) in [5, 5.41) is 2.01. The van der Waals surface area contributed by atoms with Gasteiger partial charge < -0.3 is 0 Å². The second-order valence-corrected chi connectivity index (χ2v) is 10.2. The highest BCUT2D eigenvalue weighted by molar-refractivity contribution is 8.02. The van der Waals surface area contributed by atoms with Gasteiger partial charge in [-0.1, -0.05) is 59.9 Å². The summed E-state index contributed by atoms with van der Waals surface area (Å²) in [5.41, 5.74) is 3.40. The van der Waals surface area contributed by atoms with E-state index in [9.17, 15) is 22.8 Å². The van der Waals surface area contributed by atoms with Crippen molar-refractivity contribution < 1.29 is 22.8 Å². The van der Waals surface area contributed by atoms with Crippen LogP contribution in [0.5, 0.6) is 0 Å². The van der Waals surface area contributed by atoms with Crippen LogP contribution in [-0.4, -0.2) is 22.1 Å². The zero-order valence-electron chi connectivity index (χ0n) is 18.1. The van der Waals surface area contributed by atoms with Crippen LogP contribution in [0.3, 0.4) is 0 Å². The van der Waals surface area contributed by atoms with Crippen LogP contribution in [-0.2, 0) is 15.8 Å². The van der Waals surface area contributed by atoms with Crippen molar-refractivity contribution in [1.29, 1.82) is 0 Å². The number of thioether (sulfide) groups is 1. The van der Waals surface area contributed by atoms with Crippen molar-refractivity contribution in [3.05, 3.63) is 93.2 Å². The molecule has 1 saturated heterocycles. The van der Waals surface area contributed by atoms with E-state index in [-0.39, 0.29) is 5.56 Å². The number of aryl methyl sites for hydroxylation is 1. The third-order valence-electron chi connectivity index (χ3n) is 5.33. The molecule has 0 radical (unpaired) electrons. The van der Waals surface area contributed by atoms with Gasteiger partial charge in [-0.15, -0.1) is 23.1 Å². The fraction of sp³-hybridized carbons (Fsp3) is 0.200. The minimum atomic E-state index is -4.56. The van der Waals surface area contributed by atoms with Gasteiger partial charge in [-0.25, -0.2) is 5.01 Å². The molecule has 2 heterocycles. The monoisotopic (exact) mass is 500 g/mol. The summed E-state index contributed by atoms with van der Waals surface area (Å²) in [6.07, 6.45) is -4.56. The number of amides is 2. The van der Waals surface area contributed by atoms with Gasteiger partial charge in [0.1, 0.15) is 10.1 Å². The van der Waals surface area contributed by atoms with E-state index in [1.54, 1.807) is 24.4 Å². The molecule has 2 amide bonds. The summed E-state index contributed by atoms with van der Waals surface area (Å²) in [7, 11) is 0. The van der Waals surface area contributed by atoms with Crippen molar-refractivity contribution in [3.63, 3.8) is 0 Å². The predicted molar refractivity (Wildman–Crippen MR) is 127 cm³/mol. The van der Waals surface area contributed by atoms with Crippen LogP contribution < -0.4 is 5.43 Å². The number of carbonyl (C=O) groups excluding carboxylic acids is 2. The lowest BCUT2D eigenvalue weighted by molar-refractivity contribution is -0.137. The van der Waals surface area contributed by atoms with Gasteiger partial charge in [0.2, 0.25) is 0 Å². The van der Waals surface area contributed by atoms with Gasteiger partial charge >= 0.3 is 6.18 Å². The molecule has 4 rings (SSSR count). The normalized spacial score (nSPS) is 20.1. The second kappa shape index (κ2) is 9.20. The molecule has 2 atom stereocenters. The molecule has 2 unspecified atom stereocenters. The molecule has 174 valence electrons. The molecule has 9 heteroatoms. The quantitative estimate of drug-likeness (QED) is 0.477. The number of rotatable bonds is 3. The number of carbonyl (C=O) groups is 2. The Hall–Kier alpha value is -3.22. The zero-order valence-corrected chi connectivity index (χ0v) is 19.8. The predicted octanol–water partition coefficient (Wildman–Crippen LogP) is 5.59. The van der Waals surface area contributed by atoms with E-state index in [4.69, 9.17) is 0 Å². The lowest BCUT2D eigenvalue weighted by Crippen LogP contribution is -2.52. The number of hydrazine groups is 1. The molecule has 1 N–H and O–H groups in total. The molecule has 3 aromatic rings. The minimum Gasteiger partial charge on any atom is -0.271 e. The number of hydrogen-bond acceptors (Lipinski definition) is 4. The van der Waals surface area contributed by atoms with Gasteiger partial charge in [-0.05, 0) is 43.0 Å². The molecule has 1 aromatic heterocycles. The van der Waals surface area contributed by atoms with Gasteiger partial charge in [-0.2, -0.15) is 13.2 Å². The smallest absolute Gasteiger partial charge is 0.271 e. The number of halogens is 3. The van der Waals surface area contributed by atoms with Gasteiger partial charge in [0.25, 0.3) is 11.8 Å².